The summed E-state index contributed by atoms with van der Waals surface area (Å²) < 4.78 is 6.31. The van der Waals surface area contributed by atoms with Crippen LogP contribution < -0.4 is 4.74 Å². The molecule has 0 saturated heterocycles. The van der Waals surface area contributed by atoms with Gasteiger partial charge in [-0.05, 0) is 63.5 Å². The second-order valence-corrected chi connectivity index (χ2v) is 7.07. The second kappa shape index (κ2) is 5.90. The first-order valence-electron chi connectivity index (χ1n) is 6.73. The van der Waals surface area contributed by atoms with Gasteiger partial charge in [0.05, 0.1) is 11.6 Å². The van der Waals surface area contributed by atoms with E-state index in [4.69, 9.17) is 4.74 Å². The highest BCUT2D eigenvalue weighted by molar-refractivity contribution is 9.10. The molecule has 0 spiro atoms. The van der Waals surface area contributed by atoms with E-state index < -0.39 is 0 Å². The summed E-state index contributed by atoms with van der Waals surface area (Å²) in [4.78, 5) is 0.372. The summed E-state index contributed by atoms with van der Waals surface area (Å²) in [7, 11) is 1.69. The lowest BCUT2D eigenvalue weighted by Crippen LogP contribution is -2.07. The Morgan fingerprint density at radius 3 is 2.30 bits per heavy atom. The molecule has 0 aromatic heterocycles. The molecule has 2 aromatic carbocycles. The monoisotopic (exact) mass is 394 g/mol. The van der Waals surface area contributed by atoms with Gasteiger partial charge in [0.1, 0.15) is 5.75 Å². The molecule has 3 heteroatoms. The van der Waals surface area contributed by atoms with E-state index in [1.165, 1.54) is 16.7 Å². The van der Waals surface area contributed by atoms with Crippen LogP contribution >= 0.6 is 31.9 Å². The molecule has 0 N–H and O–H groups in total. The summed E-state index contributed by atoms with van der Waals surface area (Å²) in [5.41, 5.74) is 4.29. The number of fused-ring (bicyclic) bond motifs is 1. The van der Waals surface area contributed by atoms with Crippen LogP contribution in [0.25, 0.3) is 0 Å². The summed E-state index contributed by atoms with van der Waals surface area (Å²) >= 11 is 7.46. The van der Waals surface area contributed by atoms with Crippen molar-refractivity contribution in [3.05, 3.63) is 63.6 Å². The van der Waals surface area contributed by atoms with Gasteiger partial charge in [-0.15, -0.1) is 0 Å². The average molecular weight is 396 g/mol. The van der Waals surface area contributed by atoms with E-state index in [1.807, 2.05) is 6.07 Å². The van der Waals surface area contributed by atoms with Gasteiger partial charge in [-0.1, -0.05) is 46.3 Å². The highest BCUT2D eigenvalue weighted by atomic mass is 79.9. The predicted octanol–water partition coefficient (Wildman–Crippen LogP) is 5.31. The van der Waals surface area contributed by atoms with Crippen LogP contribution in [0.3, 0.4) is 0 Å². The van der Waals surface area contributed by atoms with Gasteiger partial charge in [0.2, 0.25) is 0 Å². The second-order valence-electron chi connectivity index (χ2n) is 5.23. The van der Waals surface area contributed by atoms with Gasteiger partial charge >= 0.3 is 0 Å². The topological polar surface area (TPSA) is 9.23 Å². The molecule has 3 rings (SSSR count). The third-order valence-electron chi connectivity index (χ3n) is 3.99. The first-order chi connectivity index (χ1) is 9.69. The van der Waals surface area contributed by atoms with Crippen LogP contribution in [0.5, 0.6) is 5.75 Å². The van der Waals surface area contributed by atoms with E-state index in [0.717, 1.165) is 23.1 Å². The number of ether oxygens (including phenoxy) is 1. The third-order valence-corrected chi connectivity index (χ3v) is 5.89. The smallest absolute Gasteiger partial charge is 0.133 e. The van der Waals surface area contributed by atoms with Crippen LogP contribution in [-0.4, -0.2) is 7.11 Å². The molecular weight excluding hydrogens is 380 g/mol. The van der Waals surface area contributed by atoms with Crippen LogP contribution in [0.4, 0.5) is 0 Å². The van der Waals surface area contributed by atoms with E-state index >= 15 is 0 Å². The Balaban J connectivity index is 1.81. The lowest BCUT2D eigenvalue weighted by Gasteiger charge is -2.18. The molecule has 20 heavy (non-hydrogen) atoms. The summed E-state index contributed by atoms with van der Waals surface area (Å²) in [6, 6.07) is 15.1. The van der Waals surface area contributed by atoms with Gasteiger partial charge in [0.25, 0.3) is 0 Å². The lowest BCUT2D eigenvalue weighted by molar-refractivity contribution is 0.411. The van der Waals surface area contributed by atoms with Crippen molar-refractivity contribution in [2.24, 2.45) is 5.92 Å². The molecule has 1 unspecified atom stereocenters. The minimum absolute atomic E-state index is 0.372. The average Bonchev–Trinajstić information content (AvgIpc) is 2.90. The summed E-state index contributed by atoms with van der Waals surface area (Å²) in [6.07, 6.45) is 2.30. The van der Waals surface area contributed by atoms with Crippen molar-refractivity contribution >= 4 is 31.9 Å². The number of halogens is 2. The minimum Gasteiger partial charge on any atom is -0.496 e. The van der Waals surface area contributed by atoms with E-state index in [2.05, 4.69) is 68.3 Å². The zero-order chi connectivity index (χ0) is 14.1. The molecule has 1 aliphatic carbocycles. The van der Waals surface area contributed by atoms with Crippen molar-refractivity contribution in [2.75, 3.05) is 7.11 Å². The molecule has 0 radical (unpaired) electrons. The molecule has 0 aliphatic heterocycles. The zero-order valence-corrected chi connectivity index (χ0v) is 14.4. The number of methoxy groups -OCH3 is 1. The Labute approximate surface area is 136 Å². The van der Waals surface area contributed by atoms with Gasteiger partial charge < -0.3 is 4.74 Å². The maximum Gasteiger partial charge on any atom is 0.133 e. The molecular formula is C17H16Br2O. The first kappa shape index (κ1) is 14.2. The Morgan fingerprint density at radius 2 is 1.75 bits per heavy atom. The molecule has 0 saturated carbocycles. The maximum atomic E-state index is 5.29. The van der Waals surface area contributed by atoms with Gasteiger partial charge in [0.15, 0.2) is 0 Å². The summed E-state index contributed by atoms with van der Waals surface area (Å²) in [6.45, 7) is 0. The van der Waals surface area contributed by atoms with Crippen LogP contribution in [0.2, 0.25) is 0 Å². The van der Waals surface area contributed by atoms with Gasteiger partial charge in [0, 0.05) is 4.83 Å². The Bertz CT molecular complexity index is 599. The Hall–Kier alpha value is -0.800. The van der Waals surface area contributed by atoms with E-state index in [-0.39, 0.29) is 0 Å². The fourth-order valence-electron chi connectivity index (χ4n) is 2.93. The molecule has 2 aromatic rings. The standard InChI is InChI=1S/C17H16Br2O/c1-20-16-7-6-13(10-15(16)18)17(19)14-8-11-4-2-3-5-12(11)9-14/h2-7,10,14,17H,8-9H2,1H3. The molecule has 1 nitrogen and oxygen atoms in total. The van der Waals surface area contributed by atoms with Gasteiger partial charge in [-0.2, -0.15) is 0 Å². The number of hydrogen-bond acceptors (Lipinski definition) is 1. The quantitative estimate of drug-likeness (QED) is 0.640. The van der Waals surface area contributed by atoms with Crippen molar-refractivity contribution in [1.29, 1.82) is 0 Å². The van der Waals surface area contributed by atoms with E-state index in [9.17, 15) is 0 Å². The fourth-order valence-corrected chi connectivity index (χ4v) is 4.14. The highest BCUT2D eigenvalue weighted by Gasteiger charge is 2.28. The Kier molecular flexibility index (Phi) is 4.18. The SMILES string of the molecule is COc1ccc(C(Br)C2Cc3ccccc3C2)cc1Br. The molecule has 1 atom stereocenters. The maximum absolute atomic E-state index is 5.29. The van der Waals surface area contributed by atoms with Crippen LogP contribution in [0.15, 0.2) is 46.9 Å². The molecule has 0 amide bonds. The van der Waals surface area contributed by atoms with E-state index in [1.54, 1.807) is 7.11 Å². The highest BCUT2D eigenvalue weighted by Crippen LogP contribution is 2.41. The van der Waals surface area contributed by atoms with Crippen molar-refractivity contribution in [3.8, 4) is 5.75 Å². The number of alkyl halides is 1. The summed E-state index contributed by atoms with van der Waals surface area (Å²) in [5, 5.41) is 0. The molecule has 0 fully saturated rings. The first-order valence-corrected chi connectivity index (χ1v) is 8.44. The molecule has 104 valence electrons. The van der Waals surface area contributed by atoms with E-state index in [0.29, 0.717) is 10.7 Å². The number of rotatable bonds is 3. The number of benzene rings is 2. The van der Waals surface area contributed by atoms with Crippen molar-refractivity contribution in [1.82, 2.24) is 0 Å². The van der Waals surface area contributed by atoms with Crippen LogP contribution in [0.1, 0.15) is 21.5 Å². The van der Waals surface area contributed by atoms with Crippen molar-refractivity contribution in [2.45, 2.75) is 17.7 Å². The molecule has 1 aliphatic rings. The van der Waals surface area contributed by atoms with Crippen LogP contribution in [0, 0.1) is 5.92 Å². The van der Waals surface area contributed by atoms with Crippen LogP contribution in [-0.2, 0) is 12.8 Å². The lowest BCUT2D eigenvalue weighted by atomic mass is 9.96. The van der Waals surface area contributed by atoms with Crippen molar-refractivity contribution < 1.29 is 4.74 Å². The fraction of sp³-hybridized carbons (Fsp3) is 0.294. The normalized spacial score (nSPS) is 15.9. The largest absolute Gasteiger partial charge is 0.496 e. The van der Waals surface area contributed by atoms with Gasteiger partial charge in [-0.25, -0.2) is 0 Å². The predicted molar refractivity (Wildman–Crippen MR) is 89.7 cm³/mol. The van der Waals surface area contributed by atoms with Crippen molar-refractivity contribution in [3.63, 3.8) is 0 Å². The molecule has 0 heterocycles. The zero-order valence-electron chi connectivity index (χ0n) is 11.3. The van der Waals surface area contributed by atoms with Gasteiger partial charge in [-0.3, -0.25) is 0 Å². The molecule has 0 bridgehead atoms. The third kappa shape index (κ3) is 2.66. The Morgan fingerprint density at radius 1 is 1.10 bits per heavy atom. The number of hydrogen-bond donors (Lipinski definition) is 0. The minimum atomic E-state index is 0.372. The summed E-state index contributed by atoms with van der Waals surface area (Å²) in [5.74, 6) is 1.50.